The van der Waals surface area contributed by atoms with Crippen LogP contribution in [0.1, 0.15) is 77.9 Å². The largest absolute Gasteiger partial charge is 0.305 e. The van der Waals surface area contributed by atoms with Crippen LogP contribution in [0.25, 0.3) is 45.5 Å². The fourth-order valence-electron chi connectivity index (χ4n) is 14.2. The Kier molecular flexibility index (Phi) is 14.1. The Hall–Kier alpha value is -10.7. The van der Waals surface area contributed by atoms with E-state index in [1.54, 1.807) is 60.7 Å². The molecule has 12 aromatic carbocycles. The minimum Gasteiger partial charge on any atom is -0.305 e. The van der Waals surface area contributed by atoms with Crippen LogP contribution < -0.4 is 9.80 Å². The summed E-state index contributed by atoms with van der Waals surface area (Å²) >= 11 is 0. The molecule has 90 heavy (non-hydrogen) atoms. The van der Waals surface area contributed by atoms with Crippen molar-refractivity contribution in [1.29, 1.82) is 0 Å². The molecule has 0 N–H and O–H groups in total. The average molecular weight is 1190 g/mol. The smallest absolute Gasteiger partial charge is 0.185 e. The summed E-state index contributed by atoms with van der Waals surface area (Å²) in [6, 6.07) is 74.9. The summed E-state index contributed by atoms with van der Waals surface area (Å²) in [7, 11) is 0. The van der Waals surface area contributed by atoms with Gasteiger partial charge in [-0.15, -0.1) is 0 Å². The zero-order valence-corrected chi connectivity index (χ0v) is 49.8. The van der Waals surface area contributed by atoms with Gasteiger partial charge in [-0.05, 0) is 201 Å². The highest BCUT2D eigenvalue weighted by Gasteiger charge is 2.49. The minimum absolute atomic E-state index is 0.331. The highest BCUT2D eigenvalue weighted by atomic mass is 19.2. The fourth-order valence-corrected chi connectivity index (χ4v) is 14.2. The monoisotopic (exact) mass is 1180 g/mol. The van der Waals surface area contributed by atoms with Crippen LogP contribution in [-0.4, -0.2) is 0 Å². The van der Waals surface area contributed by atoms with Gasteiger partial charge in [0.2, 0.25) is 0 Å². The molecule has 0 saturated heterocycles. The van der Waals surface area contributed by atoms with Crippen LogP contribution in [0.5, 0.6) is 0 Å². The van der Waals surface area contributed by atoms with E-state index < -0.39 is 57.1 Å². The summed E-state index contributed by atoms with van der Waals surface area (Å²) in [6.45, 7) is 16.3. The summed E-state index contributed by atoms with van der Waals surface area (Å²) in [5.74, 6) is -7.10. The van der Waals surface area contributed by atoms with Gasteiger partial charge in [-0.3, -0.25) is 0 Å². The van der Waals surface area contributed by atoms with Gasteiger partial charge in [-0.1, -0.05) is 206 Å². The molecule has 0 aliphatic heterocycles. The molecule has 0 radical (unpaired) electrons. The van der Waals surface area contributed by atoms with Crippen LogP contribution in [0.4, 0.5) is 60.5 Å². The Balaban J connectivity index is 0.900. The van der Waals surface area contributed by atoms with E-state index in [4.69, 9.17) is 0 Å². The van der Waals surface area contributed by atoms with Crippen LogP contribution >= 0.6 is 0 Å². The second kappa shape index (κ2) is 22.2. The molecule has 2 unspecified atom stereocenters. The number of benzene rings is 12. The van der Waals surface area contributed by atoms with Crippen molar-refractivity contribution >= 4 is 46.3 Å². The van der Waals surface area contributed by atoms with Gasteiger partial charge < -0.3 is 9.80 Å². The second-order valence-corrected chi connectivity index (χ2v) is 23.5. The lowest BCUT2D eigenvalue weighted by atomic mass is 9.66. The molecule has 0 spiro atoms. The van der Waals surface area contributed by atoms with Crippen molar-refractivity contribution in [2.24, 2.45) is 0 Å². The maximum atomic E-state index is 16.6. The first-order valence-electron chi connectivity index (χ1n) is 29.8. The molecule has 0 bridgehead atoms. The first kappa shape index (κ1) is 57.1. The molecule has 8 heteroatoms. The van der Waals surface area contributed by atoms with Crippen molar-refractivity contribution in [3.8, 4) is 33.4 Å². The van der Waals surface area contributed by atoms with E-state index in [0.717, 1.165) is 124 Å². The molecular weight excluding hydrogens is 1130 g/mol. The van der Waals surface area contributed by atoms with Crippen LogP contribution in [0.15, 0.2) is 256 Å². The number of nitrogens with zero attached hydrogens (tertiary/aromatic N) is 2. The zero-order chi connectivity index (χ0) is 62.3. The second-order valence-electron chi connectivity index (χ2n) is 23.5. The maximum absolute atomic E-state index is 16.6. The van der Waals surface area contributed by atoms with Crippen molar-refractivity contribution in [2.75, 3.05) is 9.80 Å². The molecule has 2 nitrogen and oxygen atoms in total. The standard InChI is InChI=1S/C82H58F6N2/c1-7-53-21-29-57(30-22-53)81(69-45-49(3)17-19-51(69)5)67-15-11-9-13-63(67)65-39-37-61(47-71(65)81)89(79-75(85)43-41-73(83)77(79)87)59-33-25-55(26-34-59)56-27-35-60(36-28-56)90(80-76(86)44-42-74(84)78(80)88)62-38-40-66-64-14-10-12-16-68(64)82(72(66)48-62,58-31-23-54(8-2)24-32-58)70-46-50(4)18-20-52(70)6/h7-48H,1-2H2,3-6H3. The number of halogens is 6. The predicted octanol–water partition coefficient (Wildman–Crippen LogP) is 22.4. The van der Waals surface area contributed by atoms with Gasteiger partial charge >= 0.3 is 0 Å². The Morgan fingerprint density at radius 2 is 0.656 bits per heavy atom. The molecule has 0 heterocycles. The molecule has 0 fully saturated rings. The first-order chi connectivity index (χ1) is 43.6. The summed E-state index contributed by atoms with van der Waals surface area (Å²) in [5.41, 5.74) is 17.6. The van der Waals surface area contributed by atoms with E-state index >= 15 is 26.3 Å². The summed E-state index contributed by atoms with van der Waals surface area (Å²) < 4.78 is 97.7. The van der Waals surface area contributed by atoms with Crippen molar-refractivity contribution in [1.82, 2.24) is 0 Å². The predicted molar refractivity (Wildman–Crippen MR) is 355 cm³/mol. The first-order valence-corrected chi connectivity index (χ1v) is 29.8. The highest BCUT2D eigenvalue weighted by Crippen LogP contribution is 2.60. The molecular formula is C82H58F6N2. The van der Waals surface area contributed by atoms with Crippen molar-refractivity contribution in [3.63, 3.8) is 0 Å². The van der Waals surface area contributed by atoms with E-state index in [-0.39, 0.29) is 0 Å². The van der Waals surface area contributed by atoms with Gasteiger partial charge in [-0.2, -0.15) is 0 Å². The van der Waals surface area contributed by atoms with Crippen LogP contribution in [-0.2, 0) is 10.8 Å². The molecule has 438 valence electrons. The van der Waals surface area contributed by atoms with E-state index in [1.807, 2.05) is 84.9 Å². The van der Waals surface area contributed by atoms with E-state index in [9.17, 15) is 0 Å². The van der Waals surface area contributed by atoms with Gasteiger partial charge in [0, 0.05) is 22.7 Å². The molecule has 12 aromatic rings. The van der Waals surface area contributed by atoms with Crippen molar-refractivity contribution < 1.29 is 26.3 Å². The molecule has 2 atom stereocenters. The SMILES string of the molecule is C=Cc1ccc(C2(c3cc(C)ccc3C)c3ccccc3-c3ccc(N(c4ccc(-c5ccc(N(c6ccc7c(c6)C(c6ccc(C=C)cc6)(c6cc(C)ccc6C)c6ccccc6-7)c6c(F)ccc(F)c6F)cc5)cc4)c4c(F)ccc(F)c4F)cc32)cc1. The van der Waals surface area contributed by atoms with E-state index in [0.29, 0.717) is 33.9 Å². The Morgan fingerprint density at radius 3 is 1.03 bits per heavy atom. The van der Waals surface area contributed by atoms with E-state index in [1.165, 1.54) is 9.80 Å². The molecule has 14 rings (SSSR count). The quantitative estimate of drug-likeness (QED) is 0.0839. The Bertz CT molecular complexity index is 4570. The van der Waals surface area contributed by atoms with Crippen LogP contribution in [0.2, 0.25) is 0 Å². The van der Waals surface area contributed by atoms with E-state index in [2.05, 4.69) is 126 Å². The number of rotatable bonds is 13. The lowest BCUT2D eigenvalue weighted by Gasteiger charge is -2.36. The van der Waals surface area contributed by atoms with Crippen molar-refractivity contribution in [2.45, 2.75) is 38.5 Å². The van der Waals surface area contributed by atoms with Crippen LogP contribution in [0.3, 0.4) is 0 Å². The normalized spacial score (nSPS) is 15.2. The lowest BCUT2D eigenvalue weighted by molar-refractivity contribution is 0.497. The molecule has 2 aliphatic rings. The number of hydrogen-bond acceptors (Lipinski definition) is 2. The van der Waals surface area contributed by atoms with Crippen LogP contribution in [0, 0.1) is 62.6 Å². The Morgan fingerprint density at radius 1 is 0.311 bits per heavy atom. The number of hydrogen-bond donors (Lipinski definition) is 0. The van der Waals surface area contributed by atoms with Gasteiger partial charge in [0.15, 0.2) is 23.3 Å². The molecule has 2 aliphatic carbocycles. The third-order valence-corrected chi connectivity index (χ3v) is 18.4. The highest BCUT2D eigenvalue weighted by molar-refractivity contribution is 5.93. The zero-order valence-electron chi connectivity index (χ0n) is 49.8. The number of aryl methyl sites for hydroxylation is 4. The van der Waals surface area contributed by atoms with Gasteiger partial charge in [0.25, 0.3) is 0 Å². The van der Waals surface area contributed by atoms with Gasteiger partial charge in [-0.25, -0.2) is 26.3 Å². The topological polar surface area (TPSA) is 6.48 Å². The van der Waals surface area contributed by atoms with Gasteiger partial charge in [0.05, 0.1) is 10.8 Å². The molecule has 0 saturated carbocycles. The third kappa shape index (κ3) is 8.87. The fraction of sp³-hybridized carbons (Fsp3) is 0.0732. The summed E-state index contributed by atoms with van der Waals surface area (Å²) in [4.78, 5) is 2.83. The average Bonchev–Trinajstić information content (AvgIpc) is 1.53. The molecule has 0 aromatic heterocycles. The summed E-state index contributed by atoms with van der Waals surface area (Å²) in [5, 5.41) is 0. The Labute approximate surface area is 520 Å². The lowest BCUT2D eigenvalue weighted by Crippen LogP contribution is -2.30. The van der Waals surface area contributed by atoms with Crippen molar-refractivity contribution in [3.05, 3.63) is 369 Å². The summed E-state index contributed by atoms with van der Waals surface area (Å²) in [6.07, 6.45) is 3.60. The molecule has 0 amide bonds. The third-order valence-electron chi connectivity index (χ3n) is 18.4. The minimum atomic E-state index is -1.36. The number of anilines is 6. The van der Waals surface area contributed by atoms with Gasteiger partial charge in [0.1, 0.15) is 23.0 Å². The number of fused-ring (bicyclic) bond motifs is 6. The maximum Gasteiger partial charge on any atom is 0.185 e.